The number of hydrogen-bond donors (Lipinski definition) is 2. The van der Waals surface area contributed by atoms with Gasteiger partial charge in [0.2, 0.25) is 0 Å². The molecule has 0 radical (unpaired) electrons. The van der Waals surface area contributed by atoms with Gasteiger partial charge in [-0.25, -0.2) is 4.79 Å². The Labute approximate surface area is 124 Å². The third-order valence-electron chi connectivity index (χ3n) is 3.67. The maximum Gasteiger partial charge on any atom is 0.504 e. The summed E-state index contributed by atoms with van der Waals surface area (Å²) in [6.07, 6.45) is 0.612. The van der Waals surface area contributed by atoms with E-state index in [0.717, 1.165) is 25.2 Å². The molecule has 1 aromatic rings. The standard InChI is InChI=1S/C14H20BNO5/c1-3-9-5-6-11(20-10-7-16(4-2)8-10)12(14(17)18)13(9)21-15-19/h5-6,10,15,19H,3-4,7-8H2,1-2H3,(H,17,18). The van der Waals surface area contributed by atoms with Crippen molar-refractivity contribution < 1.29 is 24.3 Å². The Balaban J connectivity index is 2.28. The zero-order chi connectivity index (χ0) is 15.4. The summed E-state index contributed by atoms with van der Waals surface area (Å²) in [4.78, 5) is 13.7. The van der Waals surface area contributed by atoms with Crippen molar-refractivity contribution in [1.29, 1.82) is 0 Å². The molecule has 0 unspecified atom stereocenters. The first kappa shape index (κ1) is 15.7. The molecular weight excluding hydrogens is 273 g/mol. The summed E-state index contributed by atoms with van der Waals surface area (Å²) >= 11 is 0. The van der Waals surface area contributed by atoms with E-state index in [1.165, 1.54) is 0 Å². The van der Waals surface area contributed by atoms with Gasteiger partial charge in [-0.1, -0.05) is 19.9 Å². The highest BCUT2D eigenvalue weighted by Crippen LogP contribution is 2.34. The third kappa shape index (κ3) is 3.30. The van der Waals surface area contributed by atoms with Crippen LogP contribution in [0, 0.1) is 0 Å². The fraction of sp³-hybridized carbons (Fsp3) is 0.500. The first-order valence-electron chi connectivity index (χ1n) is 7.12. The van der Waals surface area contributed by atoms with Crippen LogP contribution in [0.25, 0.3) is 0 Å². The van der Waals surface area contributed by atoms with Crippen molar-refractivity contribution in [2.75, 3.05) is 19.6 Å². The number of nitrogens with zero attached hydrogens (tertiary/aromatic N) is 1. The molecule has 0 amide bonds. The molecule has 1 aliphatic rings. The number of ether oxygens (including phenoxy) is 1. The van der Waals surface area contributed by atoms with Gasteiger partial charge in [-0.15, -0.1) is 0 Å². The van der Waals surface area contributed by atoms with E-state index < -0.39 is 13.7 Å². The van der Waals surface area contributed by atoms with Gasteiger partial charge in [-0.05, 0) is 24.6 Å². The summed E-state index contributed by atoms with van der Waals surface area (Å²) < 4.78 is 10.9. The van der Waals surface area contributed by atoms with Gasteiger partial charge in [0.15, 0.2) is 0 Å². The van der Waals surface area contributed by atoms with Crippen molar-refractivity contribution in [3.63, 3.8) is 0 Å². The van der Waals surface area contributed by atoms with Crippen LogP contribution in [0.4, 0.5) is 0 Å². The fourth-order valence-electron chi connectivity index (χ4n) is 2.45. The third-order valence-corrected chi connectivity index (χ3v) is 3.67. The number of aromatic carboxylic acids is 1. The van der Waals surface area contributed by atoms with Crippen molar-refractivity contribution >= 4 is 13.7 Å². The molecule has 1 aromatic carbocycles. The van der Waals surface area contributed by atoms with E-state index in [4.69, 9.17) is 14.4 Å². The molecule has 2 N–H and O–H groups in total. The van der Waals surface area contributed by atoms with Gasteiger partial charge in [0.1, 0.15) is 23.2 Å². The Morgan fingerprint density at radius 2 is 2.14 bits per heavy atom. The molecule has 0 bridgehead atoms. The second-order valence-corrected chi connectivity index (χ2v) is 4.95. The number of hydrogen-bond acceptors (Lipinski definition) is 5. The lowest BCUT2D eigenvalue weighted by atomic mass is 10.0. The molecule has 0 aromatic heterocycles. The van der Waals surface area contributed by atoms with Gasteiger partial charge in [-0.2, -0.15) is 0 Å². The minimum Gasteiger partial charge on any atom is -0.538 e. The lowest BCUT2D eigenvalue weighted by molar-refractivity contribution is 0.0225. The molecule has 1 saturated heterocycles. The van der Waals surface area contributed by atoms with E-state index >= 15 is 0 Å². The number of benzene rings is 1. The maximum absolute atomic E-state index is 11.5. The normalized spacial score (nSPS) is 15.4. The van der Waals surface area contributed by atoms with Crippen LogP contribution in [-0.2, 0) is 6.42 Å². The lowest BCUT2D eigenvalue weighted by Crippen LogP contribution is -2.53. The molecule has 6 nitrogen and oxygen atoms in total. The van der Waals surface area contributed by atoms with Gasteiger partial charge >= 0.3 is 13.7 Å². The van der Waals surface area contributed by atoms with Crippen molar-refractivity contribution in [2.45, 2.75) is 26.4 Å². The highest BCUT2D eigenvalue weighted by Gasteiger charge is 2.29. The minimum atomic E-state index is -1.12. The molecule has 21 heavy (non-hydrogen) atoms. The van der Waals surface area contributed by atoms with Crippen LogP contribution < -0.4 is 9.39 Å². The number of carbonyl (C=O) groups is 1. The van der Waals surface area contributed by atoms with Crippen LogP contribution in [0.3, 0.4) is 0 Å². The largest absolute Gasteiger partial charge is 0.538 e. The Bertz CT molecular complexity index is 516. The fourth-order valence-corrected chi connectivity index (χ4v) is 2.45. The van der Waals surface area contributed by atoms with Gasteiger partial charge in [0, 0.05) is 13.1 Å². The number of carboxylic acids is 1. The average Bonchev–Trinajstić information content (AvgIpc) is 2.42. The number of carboxylic acid groups (broad SMARTS) is 1. The van der Waals surface area contributed by atoms with E-state index in [-0.39, 0.29) is 17.4 Å². The number of likely N-dealkylation sites (N-methyl/N-ethyl adjacent to an activating group) is 1. The SMILES string of the molecule is CCc1ccc(OC2CN(CC)C2)c(C(=O)O)c1OBO. The van der Waals surface area contributed by atoms with Crippen LogP contribution in [0.1, 0.15) is 29.8 Å². The maximum atomic E-state index is 11.5. The molecule has 1 aliphatic heterocycles. The zero-order valence-corrected chi connectivity index (χ0v) is 12.3. The van der Waals surface area contributed by atoms with E-state index in [0.29, 0.717) is 12.2 Å². The predicted octanol–water partition coefficient (Wildman–Crippen LogP) is 0.668. The Morgan fingerprint density at radius 3 is 2.67 bits per heavy atom. The molecule has 1 fully saturated rings. The second-order valence-electron chi connectivity index (χ2n) is 4.95. The van der Waals surface area contributed by atoms with Gasteiger partial charge in [0.05, 0.1) is 0 Å². The molecular formula is C14H20BNO5. The van der Waals surface area contributed by atoms with Gasteiger partial charge in [-0.3, -0.25) is 4.90 Å². The van der Waals surface area contributed by atoms with Crippen LogP contribution in [0.15, 0.2) is 12.1 Å². The molecule has 0 saturated carbocycles. The molecule has 1 heterocycles. The van der Waals surface area contributed by atoms with Crippen LogP contribution >= 0.6 is 0 Å². The average molecular weight is 293 g/mol. The molecule has 0 aliphatic carbocycles. The number of aryl methyl sites for hydroxylation is 1. The molecule has 7 heteroatoms. The molecule has 2 rings (SSSR count). The van der Waals surface area contributed by atoms with Crippen molar-refractivity contribution in [1.82, 2.24) is 4.90 Å². The summed E-state index contributed by atoms with van der Waals surface area (Å²) in [7, 11) is -0.566. The Kier molecular flexibility index (Phi) is 5.09. The summed E-state index contributed by atoms with van der Waals surface area (Å²) in [6.45, 7) is 6.51. The topological polar surface area (TPSA) is 79.2 Å². The monoisotopic (exact) mass is 293 g/mol. The van der Waals surface area contributed by atoms with Crippen LogP contribution in [-0.4, -0.2) is 54.4 Å². The van der Waals surface area contributed by atoms with E-state index in [9.17, 15) is 9.90 Å². The van der Waals surface area contributed by atoms with E-state index in [1.54, 1.807) is 12.1 Å². The lowest BCUT2D eigenvalue weighted by Gasteiger charge is -2.38. The van der Waals surface area contributed by atoms with Crippen molar-refractivity contribution in [3.8, 4) is 11.5 Å². The quantitative estimate of drug-likeness (QED) is 0.719. The molecule has 114 valence electrons. The van der Waals surface area contributed by atoms with Gasteiger partial charge in [0.25, 0.3) is 0 Å². The van der Waals surface area contributed by atoms with E-state index in [1.807, 2.05) is 6.92 Å². The molecule has 0 atom stereocenters. The Morgan fingerprint density at radius 1 is 1.43 bits per heavy atom. The zero-order valence-electron chi connectivity index (χ0n) is 12.3. The number of likely N-dealkylation sites (tertiary alicyclic amines) is 1. The van der Waals surface area contributed by atoms with Crippen molar-refractivity contribution in [2.24, 2.45) is 0 Å². The van der Waals surface area contributed by atoms with Crippen LogP contribution in [0.2, 0.25) is 0 Å². The van der Waals surface area contributed by atoms with Crippen LogP contribution in [0.5, 0.6) is 11.5 Å². The van der Waals surface area contributed by atoms with E-state index in [2.05, 4.69) is 11.8 Å². The smallest absolute Gasteiger partial charge is 0.504 e. The summed E-state index contributed by atoms with van der Waals surface area (Å²) in [5.41, 5.74) is 0.718. The second kappa shape index (κ2) is 6.82. The highest BCUT2D eigenvalue weighted by atomic mass is 16.5. The van der Waals surface area contributed by atoms with Gasteiger partial charge < -0.3 is 19.5 Å². The molecule has 0 spiro atoms. The summed E-state index contributed by atoms with van der Waals surface area (Å²) in [5.74, 6) is -0.629. The Hall–Kier alpha value is -1.73. The first-order valence-corrected chi connectivity index (χ1v) is 7.12. The highest BCUT2D eigenvalue weighted by molar-refractivity contribution is 6.18. The predicted molar refractivity (Wildman–Crippen MR) is 79.3 cm³/mol. The summed E-state index contributed by atoms with van der Waals surface area (Å²) in [5, 5.41) is 18.4. The first-order chi connectivity index (χ1) is 10.1. The summed E-state index contributed by atoms with van der Waals surface area (Å²) in [6, 6.07) is 3.45. The minimum absolute atomic E-state index is 0.00231. The number of rotatable bonds is 7. The van der Waals surface area contributed by atoms with Crippen molar-refractivity contribution in [3.05, 3.63) is 23.3 Å².